The summed E-state index contributed by atoms with van der Waals surface area (Å²) >= 11 is 0. The highest BCUT2D eigenvalue weighted by molar-refractivity contribution is 5.40. The van der Waals surface area contributed by atoms with Crippen LogP contribution in [0.25, 0.3) is 0 Å². The van der Waals surface area contributed by atoms with Crippen LogP contribution in [0.3, 0.4) is 0 Å². The van der Waals surface area contributed by atoms with E-state index in [-0.39, 0.29) is 12.1 Å². The summed E-state index contributed by atoms with van der Waals surface area (Å²) in [6, 6.07) is 6.66. The van der Waals surface area contributed by atoms with E-state index in [1.54, 1.807) is 7.11 Å². The maximum Gasteiger partial charge on any atom is 0.119 e. The topological polar surface area (TPSA) is 30.5 Å². The average Bonchev–Trinajstić information content (AvgIpc) is 2.50. The van der Waals surface area contributed by atoms with E-state index in [4.69, 9.17) is 9.47 Å². The molecule has 0 heterocycles. The Hall–Kier alpha value is -1.06. The molecular weight excluding hydrogens is 262 g/mol. The van der Waals surface area contributed by atoms with Crippen molar-refractivity contribution in [1.29, 1.82) is 0 Å². The van der Waals surface area contributed by atoms with E-state index in [0.717, 1.165) is 37.5 Å². The van der Waals surface area contributed by atoms with Crippen LogP contribution in [0.4, 0.5) is 0 Å². The Morgan fingerprint density at radius 2 is 2.14 bits per heavy atom. The third kappa shape index (κ3) is 4.21. The van der Waals surface area contributed by atoms with Gasteiger partial charge in [0.25, 0.3) is 0 Å². The molecule has 2 atom stereocenters. The number of benzene rings is 1. The van der Waals surface area contributed by atoms with Gasteiger partial charge in [-0.25, -0.2) is 0 Å². The standard InChI is InChI=1S/C18H29NO2/c1-13(2)6-5-11-21-17-10-8-14-7-9-15(20-4)12-16(14)18(17)19-3/h7,9,12-13,17-19H,5-6,8,10-11H2,1-4H3. The first kappa shape index (κ1) is 16.3. The lowest BCUT2D eigenvalue weighted by Crippen LogP contribution is -2.36. The Kier molecular flexibility index (Phi) is 6.07. The van der Waals surface area contributed by atoms with Crippen LogP contribution in [0.2, 0.25) is 0 Å². The van der Waals surface area contributed by atoms with Gasteiger partial charge in [0.1, 0.15) is 5.75 Å². The van der Waals surface area contributed by atoms with Crippen molar-refractivity contribution >= 4 is 0 Å². The quantitative estimate of drug-likeness (QED) is 0.777. The van der Waals surface area contributed by atoms with Crippen LogP contribution in [-0.4, -0.2) is 26.9 Å². The summed E-state index contributed by atoms with van der Waals surface area (Å²) in [7, 11) is 3.74. The molecule has 1 aliphatic carbocycles. The van der Waals surface area contributed by atoms with Crippen molar-refractivity contribution in [2.45, 2.75) is 51.7 Å². The summed E-state index contributed by atoms with van der Waals surface area (Å²) < 4.78 is 11.5. The minimum Gasteiger partial charge on any atom is -0.497 e. The summed E-state index contributed by atoms with van der Waals surface area (Å²) in [6.45, 7) is 5.39. The fraction of sp³-hybridized carbons (Fsp3) is 0.667. The highest BCUT2D eigenvalue weighted by Crippen LogP contribution is 2.34. The zero-order valence-corrected chi connectivity index (χ0v) is 13.8. The molecule has 0 aromatic heterocycles. The summed E-state index contributed by atoms with van der Waals surface area (Å²) in [4.78, 5) is 0. The van der Waals surface area contributed by atoms with Gasteiger partial charge in [-0.15, -0.1) is 0 Å². The lowest BCUT2D eigenvalue weighted by molar-refractivity contribution is 0.0145. The van der Waals surface area contributed by atoms with Crippen LogP contribution >= 0.6 is 0 Å². The molecule has 3 heteroatoms. The normalized spacial score (nSPS) is 21.4. The molecule has 1 aromatic rings. The van der Waals surface area contributed by atoms with Crippen molar-refractivity contribution in [3.05, 3.63) is 29.3 Å². The Morgan fingerprint density at radius 3 is 2.81 bits per heavy atom. The predicted molar refractivity (Wildman–Crippen MR) is 86.9 cm³/mol. The first-order valence-electron chi connectivity index (χ1n) is 8.11. The molecule has 2 unspecified atom stereocenters. The second-order valence-corrected chi connectivity index (χ2v) is 6.32. The molecule has 0 bridgehead atoms. The first-order chi connectivity index (χ1) is 10.2. The maximum atomic E-state index is 6.16. The molecule has 0 saturated heterocycles. The van der Waals surface area contributed by atoms with Gasteiger partial charge in [0.15, 0.2) is 0 Å². The van der Waals surface area contributed by atoms with Crippen LogP contribution in [0.1, 0.15) is 50.3 Å². The number of rotatable bonds is 7. The Labute approximate surface area is 129 Å². The monoisotopic (exact) mass is 291 g/mol. The summed E-state index contributed by atoms with van der Waals surface area (Å²) in [5, 5.41) is 3.43. The number of methoxy groups -OCH3 is 1. The Morgan fingerprint density at radius 1 is 1.33 bits per heavy atom. The highest BCUT2D eigenvalue weighted by Gasteiger charge is 2.29. The summed E-state index contributed by atoms with van der Waals surface area (Å²) in [6.07, 6.45) is 4.83. The number of likely N-dealkylation sites (N-methyl/N-ethyl adjacent to an activating group) is 1. The molecule has 118 valence electrons. The van der Waals surface area contributed by atoms with Crippen LogP contribution < -0.4 is 10.1 Å². The molecule has 0 aliphatic heterocycles. The fourth-order valence-electron chi connectivity index (χ4n) is 3.13. The van der Waals surface area contributed by atoms with Gasteiger partial charge in [-0.3, -0.25) is 0 Å². The second-order valence-electron chi connectivity index (χ2n) is 6.32. The zero-order chi connectivity index (χ0) is 15.2. The second kappa shape index (κ2) is 7.81. The molecular formula is C18H29NO2. The van der Waals surface area contributed by atoms with Gasteiger partial charge in [0.2, 0.25) is 0 Å². The first-order valence-corrected chi connectivity index (χ1v) is 8.11. The molecule has 21 heavy (non-hydrogen) atoms. The molecule has 0 saturated carbocycles. The van der Waals surface area contributed by atoms with E-state index < -0.39 is 0 Å². The number of aryl methyl sites for hydroxylation is 1. The minimum absolute atomic E-state index is 0.266. The molecule has 1 aromatic carbocycles. The zero-order valence-electron chi connectivity index (χ0n) is 13.8. The van der Waals surface area contributed by atoms with E-state index in [0.29, 0.717) is 0 Å². The van der Waals surface area contributed by atoms with Crippen LogP contribution in [0.5, 0.6) is 5.75 Å². The van der Waals surface area contributed by atoms with Crippen molar-refractivity contribution < 1.29 is 9.47 Å². The van der Waals surface area contributed by atoms with Gasteiger partial charge in [0.05, 0.1) is 19.3 Å². The summed E-state index contributed by atoms with van der Waals surface area (Å²) in [5.74, 6) is 1.68. The Bertz CT molecular complexity index is 445. The van der Waals surface area contributed by atoms with E-state index in [1.807, 2.05) is 7.05 Å². The van der Waals surface area contributed by atoms with E-state index in [1.165, 1.54) is 17.5 Å². The van der Waals surface area contributed by atoms with E-state index in [9.17, 15) is 0 Å². The lowest BCUT2D eigenvalue weighted by atomic mass is 9.85. The van der Waals surface area contributed by atoms with Gasteiger partial charge in [-0.2, -0.15) is 0 Å². The van der Waals surface area contributed by atoms with E-state index >= 15 is 0 Å². The number of ether oxygens (including phenoxy) is 2. The summed E-state index contributed by atoms with van der Waals surface area (Å²) in [5.41, 5.74) is 2.74. The third-order valence-corrected chi connectivity index (χ3v) is 4.33. The molecule has 1 aliphatic rings. The molecule has 1 N–H and O–H groups in total. The molecule has 3 nitrogen and oxygen atoms in total. The fourth-order valence-corrected chi connectivity index (χ4v) is 3.13. The van der Waals surface area contributed by atoms with Gasteiger partial charge in [-0.05, 0) is 61.9 Å². The van der Waals surface area contributed by atoms with Gasteiger partial charge < -0.3 is 14.8 Å². The smallest absolute Gasteiger partial charge is 0.119 e. The number of hydrogen-bond donors (Lipinski definition) is 1. The molecule has 0 fully saturated rings. The average molecular weight is 291 g/mol. The third-order valence-electron chi connectivity index (χ3n) is 4.33. The van der Waals surface area contributed by atoms with Crippen molar-refractivity contribution in [3.8, 4) is 5.75 Å². The number of hydrogen-bond acceptors (Lipinski definition) is 3. The van der Waals surface area contributed by atoms with Crippen molar-refractivity contribution in [2.24, 2.45) is 5.92 Å². The predicted octanol–water partition coefficient (Wildman–Crippen LogP) is 3.72. The van der Waals surface area contributed by atoms with E-state index in [2.05, 4.69) is 37.4 Å². The minimum atomic E-state index is 0.266. The van der Waals surface area contributed by atoms with Crippen molar-refractivity contribution in [2.75, 3.05) is 20.8 Å². The lowest BCUT2D eigenvalue weighted by Gasteiger charge is -2.33. The van der Waals surface area contributed by atoms with Gasteiger partial charge >= 0.3 is 0 Å². The van der Waals surface area contributed by atoms with Crippen molar-refractivity contribution in [3.63, 3.8) is 0 Å². The maximum absolute atomic E-state index is 6.16. The van der Waals surface area contributed by atoms with Gasteiger partial charge in [0, 0.05) is 6.61 Å². The van der Waals surface area contributed by atoms with Crippen LogP contribution in [0, 0.1) is 5.92 Å². The SMILES string of the molecule is CNC1c2cc(OC)ccc2CCC1OCCCC(C)C. The van der Waals surface area contributed by atoms with Gasteiger partial charge in [-0.1, -0.05) is 19.9 Å². The van der Waals surface area contributed by atoms with Crippen LogP contribution in [-0.2, 0) is 11.2 Å². The Balaban J connectivity index is 2.01. The number of fused-ring (bicyclic) bond motifs is 1. The molecule has 0 amide bonds. The molecule has 2 rings (SSSR count). The largest absolute Gasteiger partial charge is 0.497 e. The molecule has 0 radical (unpaired) electrons. The highest BCUT2D eigenvalue weighted by atomic mass is 16.5. The number of nitrogens with one attached hydrogen (secondary N) is 1. The van der Waals surface area contributed by atoms with Crippen LogP contribution in [0.15, 0.2) is 18.2 Å². The molecule has 0 spiro atoms. The van der Waals surface area contributed by atoms with Crippen molar-refractivity contribution in [1.82, 2.24) is 5.32 Å².